The van der Waals surface area contributed by atoms with E-state index in [2.05, 4.69) is 0 Å². The fourth-order valence-corrected chi connectivity index (χ4v) is 2.83. The van der Waals surface area contributed by atoms with Gasteiger partial charge in [-0.05, 0) is 30.9 Å². The minimum Gasteiger partial charge on any atom is -0.496 e. The van der Waals surface area contributed by atoms with E-state index in [-0.39, 0.29) is 17.6 Å². The van der Waals surface area contributed by atoms with Crippen LogP contribution < -0.4 is 9.47 Å². The Bertz CT molecular complexity index is 562. The molecule has 1 aliphatic rings. The molecule has 1 aromatic rings. The van der Waals surface area contributed by atoms with Gasteiger partial charge in [0, 0.05) is 11.5 Å². The Kier molecular flexibility index (Phi) is 4.50. The summed E-state index contributed by atoms with van der Waals surface area (Å²) in [7, 11) is 1.56. The van der Waals surface area contributed by atoms with Gasteiger partial charge in [-0.1, -0.05) is 13.8 Å². The van der Waals surface area contributed by atoms with Crippen LogP contribution in [-0.4, -0.2) is 30.6 Å². The number of carboxylic acid groups (broad SMARTS) is 1. The van der Waals surface area contributed by atoms with Gasteiger partial charge in [0.05, 0.1) is 12.7 Å². The maximum Gasteiger partial charge on any atom is 0.341 e. The van der Waals surface area contributed by atoms with Crippen LogP contribution in [0, 0.1) is 11.8 Å². The topological polar surface area (TPSA) is 72.8 Å². The number of aliphatic carboxylic acids is 1. The molecule has 0 unspecified atom stereocenters. The van der Waals surface area contributed by atoms with Crippen LogP contribution in [0.15, 0.2) is 12.1 Å². The predicted molar refractivity (Wildman–Crippen MR) is 77.1 cm³/mol. The summed E-state index contributed by atoms with van der Waals surface area (Å²) in [4.78, 5) is 23.4. The Hall–Kier alpha value is -2.04. The maximum atomic E-state index is 12.7. The van der Waals surface area contributed by atoms with Crippen molar-refractivity contribution in [3.05, 3.63) is 23.3 Å². The van der Waals surface area contributed by atoms with Crippen molar-refractivity contribution >= 4 is 11.8 Å². The minimum absolute atomic E-state index is 0.0190. The molecule has 5 nitrogen and oxygen atoms in total. The largest absolute Gasteiger partial charge is 0.496 e. The van der Waals surface area contributed by atoms with Gasteiger partial charge in [0.25, 0.3) is 0 Å². The smallest absolute Gasteiger partial charge is 0.341 e. The van der Waals surface area contributed by atoms with Crippen molar-refractivity contribution < 1.29 is 24.2 Å². The summed E-state index contributed by atoms with van der Waals surface area (Å²) in [5.41, 5.74) is 1.31. The lowest BCUT2D eigenvalue weighted by Crippen LogP contribution is -2.28. The second-order valence-corrected chi connectivity index (χ2v) is 5.56. The van der Waals surface area contributed by atoms with Crippen LogP contribution in [0.25, 0.3) is 0 Å². The molecule has 1 aliphatic carbocycles. The van der Waals surface area contributed by atoms with E-state index in [4.69, 9.17) is 14.6 Å². The molecule has 1 atom stereocenters. The van der Waals surface area contributed by atoms with Crippen LogP contribution in [0.3, 0.4) is 0 Å². The van der Waals surface area contributed by atoms with Crippen LogP contribution in [0.4, 0.5) is 0 Å². The van der Waals surface area contributed by atoms with Gasteiger partial charge in [-0.2, -0.15) is 0 Å². The molecule has 0 saturated carbocycles. The summed E-state index contributed by atoms with van der Waals surface area (Å²) in [5.74, 6) is 0.126. The van der Waals surface area contributed by atoms with E-state index in [0.29, 0.717) is 17.1 Å². The Labute approximate surface area is 123 Å². The Morgan fingerprint density at radius 3 is 2.62 bits per heavy atom. The molecule has 0 saturated heterocycles. The molecule has 0 amide bonds. The third kappa shape index (κ3) is 3.01. The number of hydrogen-bond acceptors (Lipinski definition) is 4. The van der Waals surface area contributed by atoms with E-state index in [1.165, 1.54) is 0 Å². The highest BCUT2D eigenvalue weighted by Crippen LogP contribution is 2.39. The molecule has 5 heteroatoms. The second-order valence-electron chi connectivity index (χ2n) is 5.56. The molecule has 0 spiro atoms. The van der Waals surface area contributed by atoms with Gasteiger partial charge in [0.1, 0.15) is 11.5 Å². The van der Waals surface area contributed by atoms with Gasteiger partial charge in [-0.15, -0.1) is 0 Å². The lowest BCUT2D eigenvalue weighted by Gasteiger charge is -2.28. The molecule has 0 bridgehead atoms. The average molecular weight is 292 g/mol. The highest BCUT2D eigenvalue weighted by molar-refractivity contribution is 6.03. The number of rotatable bonds is 5. The van der Waals surface area contributed by atoms with Crippen molar-refractivity contribution in [1.29, 1.82) is 0 Å². The summed E-state index contributed by atoms with van der Waals surface area (Å²) in [5, 5.41) is 8.75. The van der Waals surface area contributed by atoms with E-state index in [9.17, 15) is 9.59 Å². The summed E-state index contributed by atoms with van der Waals surface area (Å²) >= 11 is 0. The molecular formula is C16H20O5. The SMILES string of the molecule is COc1ccc(OCC(=O)O)c2c1CC[C@H](C(C)C)C2=O. The molecule has 1 aromatic carbocycles. The van der Waals surface area contributed by atoms with E-state index in [1.54, 1.807) is 19.2 Å². The monoisotopic (exact) mass is 292 g/mol. The molecule has 1 N–H and O–H groups in total. The minimum atomic E-state index is -1.07. The lowest BCUT2D eigenvalue weighted by molar-refractivity contribution is -0.139. The standard InChI is InChI=1S/C16H20O5/c1-9(2)10-4-5-11-12(20-3)6-7-13(15(11)16(10)19)21-8-14(17)18/h6-7,9-10H,4-5,8H2,1-3H3,(H,17,18)/t10-/m1/s1. The van der Waals surface area contributed by atoms with Crippen LogP contribution in [0.1, 0.15) is 36.2 Å². The van der Waals surface area contributed by atoms with Gasteiger partial charge in [-0.3, -0.25) is 4.79 Å². The van der Waals surface area contributed by atoms with Crippen molar-refractivity contribution in [2.75, 3.05) is 13.7 Å². The molecule has 2 rings (SSSR count). The number of benzene rings is 1. The lowest BCUT2D eigenvalue weighted by atomic mass is 9.76. The highest BCUT2D eigenvalue weighted by Gasteiger charge is 2.34. The molecule has 114 valence electrons. The summed E-state index contributed by atoms with van der Waals surface area (Å²) < 4.78 is 10.6. The average Bonchev–Trinajstić information content (AvgIpc) is 2.44. The number of hydrogen-bond donors (Lipinski definition) is 1. The Balaban J connectivity index is 2.45. The van der Waals surface area contributed by atoms with Crippen molar-refractivity contribution in [1.82, 2.24) is 0 Å². The van der Waals surface area contributed by atoms with E-state index < -0.39 is 12.6 Å². The van der Waals surface area contributed by atoms with Crippen molar-refractivity contribution in [2.45, 2.75) is 26.7 Å². The molecule has 0 fully saturated rings. The Morgan fingerprint density at radius 2 is 2.05 bits per heavy atom. The van der Waals surface area contributed by atoms with E-state index >= 15 is 0 Å². The normalized spacial score (nSPS) is 17.5. The summed E-state index contributed by atoms with van der Waals surface area (Å²) in [6, 6.07) is 3.33. The third-order valence-corrected chi connectivity index (χ3v) is 3.90. The summed E-state index contributed by atoms with van der Waals surface area (Å²) in [6.07, 6.45) is 1.51. The number of ether oxygens (including phenoxy) is 2. The van der Waals surface area contributed by atoms with Gasteiger partial charge in [-0.25, -0.2) is 4.79 Å². The first kappa shape index (κ1) is 15.4. The van der Waals surface area contributed by atoms with Gasteiger partial charge in [0.15, 0.2) is 12.4 Å². The molecular weight excluding hydrogens is 272 g/mol. The van der Waals surface area contributed by atoms with E-state index in [1.807, 2.05) is 13.8 Å². The molecule has 0 heterocycles. The van der Waals surface area contributed by atoms with Gasteiger partial charge >= 0.3 is 5.97 Å². The number of methoxy groups -OCH3 is 1. The predicted octanol–water partition coefficient (Wildman–Crippen LogP) is 2.56. The Morgan fingerprint density at radius 1 is 1.38 bits per heavy atom. The maximum absolute atomic E-state index is 12.7. The number of carbonyl (C=O) groups is 2. The fourth-order valence-electron chi connectivity index (χ4n) is 2.83. The van der Waals surface area contributed by atoms with Gasteiger partial charge in [0.2, 0.25) is 0 Å². The highest BCUT2D eigenvalue weighted by atomic mass is 16.5. The number of carbonyl (C=O) groups excluding carboxylic acids is 1. The zero-order valence-electron chi connectivity index (χ0n) is 12.5. The number of Topliss-reactive ketones (excluding diaryl/α,β-unsaturated/α-hetero) is 1. The molecule has 0 aromatic heterocycles. The van der Waals surface area contributed by atoms with Crippen LogP contribution in [-0.2, 0) is 11.2 Å². The molecule has 21 heavy (non-hydrogen) atoms. The first-order valence-electron chi connectivity index (χ1n) is 7.04. The first-order valence-corrected chi connectivity index (χ1v) is 7.04. The fraction of sp³-hybridized carbons (Fsp3) is 0.500. The number of carboxylic acids is 1. The van der Waals surface area contributed by atoms with Crippen molar-refractivity contribution in [3.63, 3.8) is 0 Å². The first-order chi connectivity index (χ1) is 9.95. The van der Waals surface area contributed by atoms with Crippen LogP contribution >= 0.6 is 0 Å². The van der Waals surface area contributed by atoms with E-state index in [0.717, 1.165) is 18.4 Å². The number of fused-ring (bicyclic) bond motifs is 1. The molecule has 0 radical (unpaired) electrons. The zero-order valence-corrected chi connectivity index (χ0v) is 12.5. The molecule has 0 aliphatic heterocycles. The zero-order chi connectivity index (χ0) is 15.6. The second kappa shape index (κ2) is 6.16. The van der Waals surface area contributed by atoms with Crippen molar-refractivity contribution in [3.8, 4) is 11.5 Å². The third-order valence-electron chi connectivity index (χ3n) is 3.90. The van der Waals surface area contributed by atoms with Crippen LogP contribution in [0.5, 0.6) is 11.5 Å². The quantitative estimate of drug-likeness (QED) is 0.903. The summed E-state index contributed by atoms with van der Waals surface area (Å²) in [6.45, 7) is 3.58. The van der Waals surface area contributed by atoms with Crippen molar-refractivity contribution in [2.24, 2.45) is 11.8 Å². The van der Waals surface area contributed by atoms with Gasteiger partial charge < -0.3 is 14.6 Å². The number of ketones is 1. The van der Waals surface area contributed by atoms with Crippen LogP contribution in [0.2, 0.25) is 0 Å².